The molecule has 7 nitrogen and oxygen atoms in total. The van der Waals surface area contributed by atoms with E-state index in [9.17, 15) is 14.4 Å². The van der Waals surface area contributed by atoms with Gasteiger partial charge < -0.3 is 20.4 Å². The number of carbonyl (C=O) groups is 3. The standard InChI is InChI=1S/C22H26N4O3/c1-16(22(29)26-14-12-25(2)13-15-26)23-21(28)18-10-6-7-11-19(18)24-20(27)17-8-4-3-5-9-17/h3-11,16H,12-15H2,1-2H3,(H,23,28)(H,24,27)/p+1/t16-/m0/s1. The Balaban J connectivity index is 1.66. The van der Waals surface area contributed by atoms with Crippen LogP contribution in [-0.4, -0.2) is 61.9 Å². The fourth-order valence-corrected chi connectivity index (χ4v) is 3.29. The van der Waals surface area contributed by atoms with Gasteiger partial charge in [-0.3, -0.25) is 14.4 Å². The molecule has 152 valence electrons. The third kappa shape index (κ3) is 5.20. The van der Waals surface area contributed by atoms with Crippen LogP contribution in [0.3, 0.4) is 0 Å². The van der Waals surface area contributed by atoms with E-state index in [1.807, 2.05) is 6.07 Å². The van der Waals surface area contributed by atoms with Gasteiger partial charge in [-0.25, -0.2) is 0 Å². The van der Waals surface area contributed by atoms with Gasteiger partial charge in [-0.05, 0) is 31.2 Å². The van der Waals surface area contributed by atoms with Crippen LogP contribution in [0, 0.1) is 0 Å². The predicted molar refractivity (Wildman–Crippen MR) is 111 cm³/mol. The van der Waals surface area contributed by atoms with Gasteiger partial charge in [0, 0.05) is 5.56 Å². The highest BCUT2D eigenvalue weighted by Crippen LogP contribution is 2.16. The van der Waals surface area contributed by atoms with E-state index in [0.717, 1.165) is 13.1 Å². The lowest BCUT2D eigenvalue weighted by atomic mass is 10.1. The van der Waals surface area contributed by atoms with Crippen LogP contribution >= 0.6 is 0 Å². The first-order valence-corrected chi connectivity index (χ1v) is 9.82. The number of nitrogens with zero attached hydrogens (tertiary/aromatic N) is 1. The second kappa shape index (κ2) is 9.34. The number of para-hydroxylation sites is 1. The maximum absolute atomic E-state index is 12.8. The number of nitrogens with one attached hydrogen (secondary N) is 3. The normalized spacial score (nSPS) is 15.4. The van der Waals surface area contributed by atoms with E-state index in [1.165, 1.54) is 4.90 Å². The lowest BCUT2D eigenvalue weighted by Crippen LogP contribution is -3.12. The SMILES string of the molecule is C[C@H](NC(=O)c1ccccc1NC(=O)c1ccccc1)C(=O)N1CC[NH+](C)CC1. The zero-order valence-electron chi connectivity index (χ0n) is 16.8. The summed E-state index contributed by atoms with van der Waals surface area (Å²) in [6.45, 7) is 4.88. The highest BCUT2D eigenvalue weighted by atomic mass is 16.2. The molecule has 0 aliphatic carbocycles. The second-order valence-electron chi connectivity index (χ2n) is 7.34. The van der Waals surface area contributed by atoms with E-state index in [-0.39, 0.29) is 11.8 Å². The summed E-state index contributed by atoms with van der Waals surface area (Å²) < 4.78 is 0. The molecular formula is C22H27N4O3+. The number of rotatable bonds is 5. The van der Waals surface area contributed by atoms with Crippen molar-refractivity contribution >= 4 is 23.4 Å². The van der Waals surface area contributed by atoms with Crippen molar-refractivity contribution in [3.63, 3.8) is 0 Å². The van der Waals surface area contributed by atoms with E-state index >= 15 is 0 Å². The van der Waals surface area contributed by atoms with Crippen molar-refractivity contribution in [2.45, 2.75) is 13.0 Å². The summed E-state index contributed by atoms with van der Waals surface area (Å²) in [7, 11) is 2.10. The molecule has 1 atom stereocenters. The van der Waals surface area contributed by atoms with Crippen LogP contribution in [-0.2, 0) is 4.79 Å². The Labute approximate surface area is 170 Å². The Morgan fingerprint density at radius 2 is 1.55 bits per heavy atom. The van der Waals surface area contributed by atoms with Crippen LogP contribution in [0.15, 0.2) is 54.6 Å². The molecule has 1 saturated heterocycles. The largest absolute Gasteiger partial charge is 0.340 e. The zero-order chi connectivity index (χ0) is 20.8. The van der Waals surface area contributed by atoms with Gasteiger partial charge in [-0.1, -0.05) is 30.3 Å². The summed E-state index contributed by atoms with van der Waals surface area (Å²) in [5, 5.41) is 5.55. The smallest absolute Gasteiger partial charge is 0.255 e. The Hall–Kier alpha value is -3.19. The van der Waals surface area contributed by atoms with Gasteiger partial charge in [0.05, 0.1) is 44.5 Å². The first kappa shape index (κ1) is 20.5. The van der Waals surface area contributed by atoms with Crippen molar-refractivity contribution in [1.82, 2.24) is 10.2 Å². The van der Waals surface area contributed by atoms with Crippen LogP contribution in [0.25, 0.3) is 0 Å². The van der Waals surface area contributed by atoms with Gasteiger partial charge in [-0.15, -0.1) is 0 Å². The highest BCUT2D eigenvalue weighted by molar-refractivity contribution is 6.09. The predicted octanol–water partition coefficient (Wildman–Crippen LogP) is 0.414. The monoisotopic (exact) mass is 395 g/mol. The van der Waals surface area contributed by atoms with Crippen molar-refractivity contribution in [3.8, 4) is 0 Å². The van der Waals surface area contributed by atoms with Gasteiger partial charge in [0.15, 0.2) is 0 Å². The second-order valence-corrected chi connectivity index (χ2v) is 7.34. The topological polar surface area (TPSA) is 83.0 Å². The van der Waals surface area contributed by atoms with Gasteiger partial charge in [0.2, 0.25) is 5.91 Å². The molecular weight excluding hydrogens is 368 g/mol. The van der Waals surface area contributed by atoms with E-state index in [0.29, 0.717) is 29.9 Å². The maximum Gasteiger partial charge on any atom is 0.255 e. The molecule has 1 heterocycles. The number of quaternary nitrogens is 1. The summed E-state index contributed by atoms with van der Waals surface area (Å²) in [5.74, 6) is -0.777. The Kier molecular flexibility index (Phi) is 6.61. The van der Waals surface area contributed by atoms with E-state index in [2.05, 4.69) is 17.7 Å². The lowest BCUT2D eigenvalue weighted by Gasteiger charge is -2.32. The first-order valence-electron chi connectivity index (χ1n) is 9.82. The van der Waals surface area contributed by atoms with Crippen LogP contribution < -0.4 is 15.5 Å². The number of piperazine rings is 1. The number of amides is 3. The molecule has 3 rings (SSSR count). The molecule has 0 saturated carbocycles. The average Bonchev–Trinajstić information content (AvgIpc) is 2.74. The number of hydrogen-bond acceptors (Lipinski definition) is 3. The molecule has 29 heavy (non-hydrogen) atoms. The number of carbonyl (C=O) groups excluding carboxylic acids is 3. The third-order valence-electron chi connectivity index (χ3n) is 5.10. The summed E-state index contributed by atoms with van der Waals surface area (Å²) in [5.41, 5.74) is 1.23. The van der Waals surface area contributed by atoms with E-state index in [4.69, 9.17) is 0 Å². The molecule has 1 aliphatic rings. The molecule has 0 aromatic heterocycles. The summed E-state index contributed by atoms with van der Waals surface area (Å²) in [6, 6.07) is 14.9. The summed E-state index contributed by atoms with van der Waals surface area (Å²) in [4.78, 5) is 41.1. The van der Waals surface area contributed by atoms with Crippen molar-refractivity contribution < 1.29 is 19.3 Å². The van der Waals surface area contributed by atoms with Crippen molar-refractivity contribution in [2.75, 3.05) is 38.5 Å². The molecule has 3 amide bonds. The maximum atomic E-state index is 12.8. The molecule has 3 N–H and O–H groups in total. The Bertz CT molecular complexity index is 877. The fourth-order valence-electron chi connectivity index (χ4n) is 3.29. The first-order chi connectivity index (χ1) is 14.0. The number of benzene rings is 2. The Morgan fingerprint density at radius 3 is 2.24 bits per heavy atom. The van der Waals surface area contributed by atoms with Gasteiger partial charge in [0.25, 0.3) is 11.8 Å². The molecule has 2 aromatic rings. The molecule has 0 radical (unpaired) electrons. The molecule has 0 spiro atoms. The fraction of sp³-hybridized carbons (Fsp3) is 0.318. The minimum Gasteiger partial charge on any atom is -0.340 e. The summed E-state index contributed by atoms with van der Waals surface area (Å²) >= 11 is 0. The van der Waals surface area contributed by atoms with Crippen LogP contribution in [0.2, 0.25) is 0 Å². The van der Waals surface area contributed by atoms with Crippen molar-refractivity contribution in [1.29, 1.82) is 0 Å². The van der Waals surface area contributed by atoms with Crippen LogP contribution in [0.4, 0.5) is 5.69 Å². The van der Waals surface area contributed by atoms with Crippen molar-refractivity contribution in [2.24, 2.45) is 0 Å². The highest BCUT2D eigenvalue weighted by Gasteiger charge is 2.27. The quantitative estimate of drug-likeness (QED) is 0.686. The molecule has 0 bridgehead atoms. The lowest BCUT2D eigenvalue weighted by molar-refractivity contribution is -0.883. The van der Waals surface area contributed by atoms with E-state index in [1.54, 1.807) is 60.4 Å². The van der Waals surface area contributed by atoms with Crippen molar-refractivity contribution in [3.05, 3.63) is 65.7 Å². The minimum atomic E-state index is -0.640. The van der Waals surface area contributed by atoms with E-state index < -0.39 is 11.9 Å². The molecule has 1 aliphatic heterocycles. The van der Waals surface area contributed by atoms with Gasteiger partial charge in [-0.2, -0.15) is 0 Å². The minimum absolute atomic E-state index is 0.0864. The third-order valence-corrected chi connectivity index (χ3v) is 5.10. The summed E-state index contributed by atoms with van der Waals surface area (Å²) in [6.07, 6.45) is 0. The molecule has 2 aromatic carbocycles. The molecule has 1 fully saturated rings. The van der Waals surface area contributed by atoms with Crippen LogP contribution in [0.5, 0.6) is 0 Å². The molecule has 0 unspecified atom stereocenters. The average molecular weight is 395 g/mol. The Morgan fingerprint density at radius 1 is 0.931 bits per heavy atom. The molecule has 7 heteroatoms. The number of anilines is 1. The number of likely N-dealkylation sites (N-methyl/N-ethyl adjacent to an activating group) is 1. The zero-order valence-corrected chi connectivity index (χ0v) is 16.8. The van der Waals surface area contributed by atoms with Gasteiger partial charge >= 0.3 is 0 Å². The number of hydrogen-bond donors (Lipinski definition) is 3. The van der Waals surface area contributed by atoms with Crippen LogP contribution in [0.1, 0.15) is 27.6 Å². The van der Waals surface area contributed by atoms with Gasteiger partial charge in [0.1, 0.15) is 6.04 Å².